The van der Waals surface area contributed by atoms with Crippen LogP contribution in [0, 0.1) is 0 Å². The van der Waals surface area contributed by atoms with Crippen molar-refractivity contribution < 1.29 is 4.79 Å². The summed E-state index contributed by atoms with van der Waals surface area (Å²) in [5.74, 6) is -0.226. The van der Waals surface area contributed by atoms with Gasteiger partial charge in [-0.05, 0) is 30.3 Å². The van der Waals surface area contributed by atoms with Crippen molar-refractivity contribution in [1.82, 2.24) is 0 Å². The van der Waals surface area contributed by atoms with Crippen LogP contribution in [0.5, 0.6) is 0 Å². The van der Waals surface area contributed by atoms with E-state index in [0.717, 1.165) is 15.0 Å². The second kappa shape index (κ2) is 6.53. The van der Waals surface area contributed by atoms with Gasteiger partial charge in [-0.15, -0.1) is 11.3 Å². The molecule has 1 aromatic heterocycles. The van der Waals surface area contributed by atoms with Gasteiger partial charge in [0.15, 0.2) is 0 Å². The Morgan fingerprint density at radius 1 is 1.09 bits per heavy atom. The smallest absolute Gasteiger partial charge is 0.248 e. The third-order valence-electron chi connectivity index (χ3n) is 3.04. The number of benzene rings is 2. The highest BCUT2D eigenvalue weighted by Crippen LogP contribution is 2.35. The van der Waals surface area contributed by atoms with Gasteiger partial charge in [0.2, 0.25) is 5.91 Å². The van der Waals surface area contributed by atoms with Crippen molar-refractivity contribution in [3.05, 3.63) is 69.5 Å². The predicted molar refractivity (Wildman–Crippen MR) is 96.0 cm³/mol. The van der Waals surface area contributed by atoms with Crippen molar-refractivity contribution in [2.24, 2.45) is 0 Å². The molecule has 0 unspecified atom stereocenters. The normalized spacial score (nSPS) is 11.2. The van der Waals surface area contributed by atoms with Crippen molar-refractivity contribution >= 4 is 62.3 Å². The molecule has 2 aromatic carbocycles. The maximum atomic E-state index is 11.9. The number of hydrogen-bond donors (Lipinski definition) is 1. The maximum absolute atomic E-state index is 11.9. The van der Waals surface area contributed by atoms with E-state index in [1.54, 1.807) is 41.7 Å². The van der Waals surface area contributed by atoms with E-state index in [4.69, 9.17) is 23.2 Å². The number of halogens is 2. The number of hydrogen-bond acceptors (Lipinski definition) is 2. The molecule has 110 valence electrons. The van der Waals surface area contributed by atoms with Gasteiger partial charge in [-0.1, -0.05) is 47.5 Å². The van der Waals surface area contributed by atoms with Crippen LogP contribution in [0.15, 0.2) is 54.6 Å². The van der Waals surface area contributed by atoms with E-state index in [2.05, 4.69) is 5.32 Å². The zero-order chi connectivity index (χ0) is 15.5. The molecule has 22 heavy (non-hydrogen) atoms. The van der Waals surface area contributed by atoms with Gasteiger partial charge in [-0.2, -0.15) is 0 Å². The molecular formula is C17H11Cl2NOS. The summed E-state index contributed by atoms with van der Waals surface area (Å²) in [5, 5.41) is 5.01. The monoisotopic (exact) mass is 347 g/mol. The second-order valence-electron chi connectivity index (χ2n) is 4.61. The van der Waals surface area contributed by atoms with Crippen molar-refractivity contribution in [1.29, 1.82) is 0 Å². The summed E-state index contributed by atoms with van der Waals surface area (Å²) in [6.45, 7) is 0. The van der Waals surface area contributed by atoms with Crippen LogP contribution in [-0.2, 0) is 4.79 Å². The van der Waals surface area contributed by atoms with Gasteiger partial charge < -0.3 is 5.32 Å². The largest absolute Gasteiger partial charge is 0.322 e. The summed E-state index contributed by atoms with van der Waals surface area (Å²) in [6.07, 6.45) is 3.20. The summed E-state index contributed by atoms with van der Waals surface area (Å²) in [7, 11) is 0. The first-order valence-electron chi connectivity index (χ1n) is 6.55. The van der Waals surface area contributed by atoms with Gasteiger partial charge >= 0.3 is 0 Å². The number of carbonyl (C=O) groups excluding carboxylic acids is 1. The van der Waals surface area contributed by atoms with Crippen LogP contribution in [0.4, 0.5) is 5.69 Å². The third-order valence-corrected chi connectivity index (χ3v) is 4.93. The number of thiophene rings is 1. The molecule has 0 bridgehead atoms. The molecule has 0 aliphatic carbocycles. The molecular weight excluding hydrogens is 337 g/mol. The number of nitrogens with one attached hydrogen (secondary N) is 1. The van der Waals surface area contributed by atoms with Gasteiger partial charge in [0.25, 0.3) is 0 Å². The fourth-order valence-corrected chi connectivity index (χ4v) is 3.63. The molecule has 1 N–H and O–H groups in total. The number of fused-ring (bicyclic) bond motifs is 1. The van der Waals surface area contributed by atoms with Gasteiger partial charge in [0.05, 0.1) is 5.02 Å². The molecule has 0 radical (unpaired) electrons. The highest BCUT2D eigenvalue weighted by molar-refractivity contribution is 7.20. The standard InChI is InChI=1S/C17H11Cl2NOS/c18-11-4-3-5-12(10-11)20-16(21)9-8-15-17(19)13-6-1-2-7-14(13)22-15/h1-10H,(H,20,21)/b9-8+. The third kappa shape index (κ3) is 3.33. The molecule has 1 heterocycles. The zero-order valence-electron chi connectivity index (χ0n) is 11.3. The van der Waals surface area contributed by atoms with Crippen molar-refractivity contribution in [3.63, 3.8) is 0 Å². The van der Waals surface area contributed by atoms with E-state index in [1.165, 1.54) is 6.08 Å². The van der Waals surface area contributed by atoms with Gasteiger partial charge in [-0.25, -0.2) is 0 Å². The minimum atomic E-state index is -0.226. The number of amides is 1. The van der Waals surface area contributed by atoms with Crippen LogP contribution in [0.3, 0.4) is 0 Å². The highest BCUT2D eigenvalue weighted by atomic mass is 35.5. The maximum Gasteiger partial charge on any atom is 0.248 e. The SMILES string of the molecule is O=C(/C=C/c1sc2ccccc2c1Cl)Nc1cccc(Cl)c1. The summed E-state index contributed by atoms with van der Waals surface area (Å²) in [4.78, 5) is 12.8. The van der Waals surface area contributed by atoms with Crippen LogP contribution in [0.2, 0.25) is 10.0 Å². The first-order valence-corrected chi connectivity index (χ1v) is 8.12. The molecule has 2 nitrogen and oxygen atoms in total. The summed E-state index contributed by atoms with van der Waals surface area (Å²) < 4.78 is 1.10. The lowest BCUT2D eigenvalue weighted by Crippen LogP contribution is -2.07. The van der Waals surface area contributed by atoms with Crippen LogP contribution in [0.25, 0.3) is 16.2 Å². The number of rotatable bonds is 3. The molecule has 0 aliphatic rings. The Labute approximate surface area is 142 Å². The molecule has 0 saturated carbocycles. The van der Waals surface area contributed by atoms with Gasteiger partial charge in [0, 0.05) is 31.7 Å². The average Bonchev–Trinajstić information content (AvgIpc) is 2.82. The Morgan fingerprint density at radius 2 is 1.91 bits per heavy atom. The van der Waals surface area contributed by atoms with Crippen LogP contribution < -0.4 is 5.32 Å². The second-order valence-corrected chi connectivity index (χ2v) is 6.51. The molecule has 5 heteroatoms. The van der Waals surface area contributed by atoms with Crippen molar-refractivity contribution in [2.75, 3.05) is 5.32 Å². The number of carbonyl (C=O) groups is 1. The van der Waals surface area contributed by atoms with Crippen LogP contribution in [-0.4, -0.2) is 5.91 Å². The lowest BCUT2D eigenvalue weighted by atomic mass is 10.2. The lowest BCUT2D eigenvalue weighted by molar-refractivity contribution is -0.111. The van der Waals surface area contributed by atoms with E-state index in [1.807, 2.05) is 24.3 Å². The minimum Gasteiger partial charge on any atom is -0.322 e. The summed E-state index contributed by atoms with van der Waals surface area (Å²) in [5.41, 5.74) is 0.657. The molecule has 0 spiro atoms. The zero-order valence-corrected chi connectivity index (χ0v) is 13.7. The molecule has 0 atom stereocenters. The Morgan fingerprint density at radius 3 is 2.68 bits per heavy atom. The molecule has 3 aromatic rings. The molecule has 1 amide bonds. The quantitative estimate of drug-likeness (QED) is 0.590. The Kier molecular flexibility index (Phi) is 4.48. The van der Waals surface area contributed by atoms with Gasteiger partial charge in [-0.3, -0.25) is 4.79 Å². The van der Waals surface area contributed by atoms with E-state index in [0.29, 0.717) is 15.7 Å². The molecule has 0 fully saturated rings. The van der Waals surface area contributed by atoms with Crippen LogP contribution in [0.1, 0.15) is 4.88 Å². The molecule has 0 saturated heterocycles. The Hall–Kier alpha value is -1.81. The fraction of sp³-hybridized carbons (Fsp3) is 0. The van der Waals surface area contributed by atoms with E-state index < -0.39 is 0 Å². The number of anilines is 1. The molecule has 0 aliphatic heterocycles. The predicted octanol–water partition coefficient (Wildman–Crippen LogP) is 5.86. The Bertz CT molecular complexity index is 870. The fourth-order valence-electron chi connectivity index (χ4n) is 2.04. The average molecular weight is 348 g/mol. The van der Waals surface area contributed by atoms with Crippen molar-refractivity contribution in [2.45, 2.75) is 0 Å². The first-order chi connectivity index (χ1) is 10.6. The van der Waals surface area contributed by atoms with E-state index >= 15 is 0 Å². The van der Waals surface area contributed by atoms with Crippen molar-refractivity contribution in [3.8, 4) is 0 Å². The summed E-state index contributed by atoms with van der Waals surface area (Å²) in [6, 6.07) is 14.9. The molecule has 3 rings (SSSR count). The minimum absolute atomic E-state index is 0.226. The highest BCUT2D eigenvalue weighted by Gasteiger charge is 2.07. The van der Waals surface area contributed by atoms with E-state index in [9.17, 15) is 4.79 Å². The van der Waals surface area contributed by atoms with Crippen LogP contribution >= 0.6 is 34.5 Å². The lowest BCUT2D eigenvalue weighted by Gasteiger charge is -2.01. The topological polar surface area (TPSA) is 29.1 Å². The first kappa shape index (κ1) is 15.1. The summed E-state index contributed by atoms with van der Waals surface area (Å²) >= 11 is 13.8. The van der Waals surface area contributed by atoms with E-state index in [-0.39, 0.29) is 5.91 Å². The Balaban J connectivity index is 1.77. The van der Waals surface area contributed by atoms with Gasteiger partial charge in [0.1, 0.15) is 0 Å².